The van der Waals surface area contributed by atoms with Crippen molar-refractivity contribution < 1.29 is 112 Å². The van der Waals surface area contributed by atoms with Crippen LogP contribution in [0, 0.1) is 17.8 Å². The predicted octanol–water partition coefficient (Wildman–Crippen LogP) is -8.75. The van der Waals surface area contributed by atoms with Crippen LogP contribution >= 0.6 is 0 Å². The summed E-state index contributed by atoms with van der Waals surface area (Å²) >= 11 is 0. The SMILES string of the molecule is CC(=O)N[C@@H](CC(=O)O)C(=O)N[C@H](C(=O)N[C@@H](CO)C(=O)N[C@H](C(=O)N[C@@H](CO)C(=O)N[C@@H](CCC(N)=O)C(=O)N[C@@H](C)C(=O)N[C@H](C(=O)N[C@@H](CC(C)C)C(=O)N1CCC[C@H]1C(=O)N[C@@H](CC(=O)O)C(=O)N[C@@H](CC(=O)O)C(N)=O)C(C)C)[C@@H](C)O)C(C)C. The van der Waals surface area contributed by atoms with E-state index in [1.807, 2.05) is 5.32 Å². The lowest BCUT2D eigenvalue weighted by Crippen LogP contribution is -2.63. The Morgan fingerprint density at radius 3 is 1.29 bits per heavy atom. The lowest BCUT2D eigenvalue weighted by molar-refractivity contribution is -0.145. The maximum Gasteiger partial charge on any atom is 0.305 e. The average Bonchev–Trinajstić information content (AvgIpc) is 1.68. The number of aliphatic hydroxyl groups excluding tert-OH is 3. The molecule has 1 rings (SSSR count). The number of carbonyl (C=O) groups excluding carboxylic acids is 14. The van der Waals surface area contributed by atoms with Crippen LogP contribution in [-0.2, 0) is 81.5 Å². The molecule has 0 saturated carbocycles. The zero-order valence-corrected chi connectivity index (χ0v) is 51.2. The van der Waals surface area contributed by atoms with Gasteiger partial charge in [0.15, 0.2) is 0 Å². The highest BCUT2D eigenvalue weighted by molar-refractivity contribution is 6.01. The van der Waals surface area contributed by atoms with Gasteiger partial charge in [-0.3, -0.25) is 81.5 Å². The molecule has 1 aliphatic rings. The fourth-order valence-electron chi connectivity index (χ4n) is 8.79. The van der Waals surface area contributed by atoms with E-state index in [0.29, 0.717) is 0 Å². The molecule has 0 spiro atoms. The van der Waals surface area contributed by atoms with Gasteiger partial charge in [0.1, 0.15) is 72.5 Å². The van der Waals surface area contributed by atoms with Crippen LogP contribution in [0.5, 0.6) is 0 Å². The summed E-state index contributed by atoms with van der Waals surface area (Å²) in [7, 11) is 0. The number of nitrogens with two attached hydrogens (primary N) is 2. The minimum Gasteiger partial charge on any atom is -0.481 e. The van der Waals surface area contributed by atoms with Crippen LogP contribution in [0.4, 0.5) is 0 Å². The van der Waals surface area contributed by atoms with Crippen LogP contribution in [0.15, 0.2) is 0 Å². The number of rotatable bonds is 39. The first kappa shape index (κ1) is 78.9. The van der Waals surface area contributed by atoms with Gasteiger partial charge in [-0.2, -0.15) is 0 Å². The summed E-state index contributed by atoms with van der Waals surface area (Å²) in [4.78, 5) is 220. The number of primary amides is 2. The Kier molecular flexibility index (Phi) is 33.0. The lowest BCUT2D eigenvalue weighted by atomic mass is 9.99. The van der Waals surface area contributed by atoms with Gasteiger partial charge in [-0.05, 0) is 57.3 Å². The number of hydrogen-bond donors (Lipinski definition) is 19. The van der Waals surface area contributed by atoms with E-state index in [1.165, 1.54) is 34.6 Å². The molecule has 0 unspecified atom stereocenters. The smallest absolute Gasteiger partial charge is 0.305 e. The van der Waals surface area contributed by atoms with Gasteiger partial charge in [0.2, 0.25) is 82.7 Å². The molecule has 1 fully saturated rings. The quantitative estimate of drug-likeness (QED) is 0.0272. The van der Waals surface area contributed by atoms with Gasteiger partial charge in [-0.1, -0.05) is 41.5 Å². The Morgan fingerprint density at radius 2 is 0.856 bits per heavy atom. The van der Waals surface area contributed by atoms with E-state index in [4.69, 9.17) is 16.6 Å². The molecule has 0 aromatic carbocycles. The van der Waals surface area contributed by atoms with E-state index in [9.17, 15) is 107 Å². The lowest BCUT2D eigenvalue weighted by Gasteiger charge is -2.32. The Bertz CT molecular complexity index is 2640. The molecule has 0 aromatic heterocycles. The van der Waals surface area contributed by atoms with Crippen LogP contribution in [0.1, 0.15) is 114 Å². The van der Waals surface area contributed by atoms with Gasteiger partial charge in [0.25, 0.3) is 0 Å². The number of likely N-dealkylation sites (tertiary alicyclic amines) is 1. The fraction of sp³-hybridized carbons (Fsp3) is 0.679. The molecule has 1 aliphatic heterocycles. The highest BCUT2D eigenvalue weighted by Gasteiger charge is 2.42. The number of aliphatic hydroxyl groups is 3. The number of amides is 14. The van der Waals surface area contributed by atoms with Crippen molar-refractivity contribution in [3.8, 4) is 0 Å². The van der Waals surface area contributed by atoms with Crippen LogP contribution in [0.3, 0.4) is 0 Å². The van der Waals surface area contributed by atoms with Crippen LogP contribution in [0.25, 0.3) is 0 Å². The van der Waals surface area contributed by atoms with Crippen LogP contribution in [-0.4, -0.2) is 235 Å². The normalized spacial score (nSPS) is 16.8. The third-order valence-electron chi connectivity index (χ3n) is 13.5. The third-order valence-corrected chi connectivity index (χ3v) is 13.5. The number of nitrogens with one attached hydrogen (secondary N) is 11. The number of aliphatic carboxylic acids is 3. The van der Waals surface area contributed by atoms with Crippen molar-refractivity contribution in [1.29, 1.82) is 0 Å². The molecule has 21 N–H and O–H groups in total. The van der Waals surface area contributed by atoms with E-state index in [1.54, 1.807) is 13.8 Å². The summed E-state index contributed by atoms with van der Waals surface area (Å²) in [5.41, 5.74) is 10.5. The Balaban J connectivity index is 3.28. The molecule has 0 aliphatic carbocycles. The molecule has 14 amide bonds. The molecule has 0 bridgehead atoms. The first-order valence-electron chi connectivity index (χ1n) is 28.5. The Morgan fingerprint density at radius 1 is 0.467 bits per heavy atom. The van der Waals surface area contributed by atoms with Crippen molar-refractivity contribution in [1.82, 2.24) is 63.4 Å². The molecule has 0 aromatic rings. The summed E-state index contributed by atoms with van der Waals surface area (Å²) < 4.78 is 0. The van der Waals surface area contributed by atoms with Crippen molar-refractivity contribution in [3.05, 3.63) is 0 Å². The van der Waals surface area contributed by atoms with Crippen LogP contribution < -0.4 is 70.0 Å². The fourth-order valence-corrected chi connectivity index (χ4v) is 8.79. The highest BCUT2D eigenvalue weighted by Crippen LogP contribution is 2.22. The first-order chi connectivity index (χ1) is 41.8. The van der Waals surface area contributed by atoms with Crippen molar-refractivity contribution in [2.24, 2.45) is 29.2 Å². The number of nitrogens with zero attached hydrogens (tertiary/aromatic N) is 1. The number of carboxylic acids is 3. The predicted molar refractivity (Wildman–Crippen MR) is 307 cm³/mol. The first-order valence-corrected chi connectivity index (χ1v) is 28.5. The summed E-state index contributed by atoms with van der Waals surface area (Å²) in [6.07, 6.45) is -5.56. The standard InChI is InChI=1S/C53H86N14O23/c1-21(2)15-31(53(90)67-14-10-11-34(67)49(86)60-30(18-38(77)78)45(82)59-28(42(55)79)16-36(73)74)61-50(87)39(22(3)4)64-43(80)24(7)56-44(81)27(12-13-35(54)72)58-47(84)32(19-68)63-52(89)41(25(8)70)66-48(85)33(20-69)62-51(88)40(23(5)6)65-46(83)29(17-37(75)76)57-26(9)71/h21-25,27-34,39-41,68-70H,10-20H2,1-9H3,(H2,54,72)(H2,55,79)(H,56,81)(H,57,71)(H,58,84)(H,59,82)(H,60,86)(H,61,87)(H,62,88)(H,63,89)(H,64,80)(H,65,83)(H,66,85)(H,73,74)(H,75,76)(H,77,78)/t24-,25+,27-,28-,29-,30-,31-,32-,33-,34-,39-,40-,41-/m0/s1. The van der Waals surface area contributed by atoms with E-state index in [-0.39, 0.29) is 31.7 Å². The highest BCUT2D eigenvalue weighted by atomic mass is 16.4. The summed E-state index contributed by atoms with van der Waals surface area (Å²) in [5.74, 6) is -21.6. The van der Waals surface area contributed by atoms with Gasteiger partial charge in [0.05, 0.1) is 38.6 Å². The zero-order valence-electron chi connectivity index (χ0n) is 51.2. The second kappa shape index (κ2) is 37.7. The second-order valence-corrected chi connectivity index (χ2v) is 22.4. The molecule has 13 atom stereocenters. The molecule has 0 radical (unpaired) electrons. The van der Waals surface area contributed by atoms with Crippen molar-refractivity contribution in [2.45, 2.75) is 192 Å². The van der Waals surface area contributed by atoms with Crippen molar-refractivity contribution in [2.75, 3.05) is 19.8 Å². The van der Waals surface area contributed by atoms with Gasteiger partial charge in [-0.25, -0.2) is 0 Å². The maximum atomic E-state index is 14.3. The van der Waals surface area contributed by atoms with E-state index in [2.05, 4.69) is 53.2 Å². The van der Waals surface area contributed by atoms with Crippen LogP contribution in [0.2, 0.25) is 0 Å². The van der Waals surface area contributed by atoms with E-state index in [0.717, 1.165) is 18.7 Å². The Labute approximate surface area is 516 Å². The van der Waals surface area contributed by atoms with Gasteiger partial charge >= 0.3 is 17.9 Å². The summed E-state index contributed by atoms with van der Waals surface area (Å²) in [6.45, 7) is 10.2. The minimum atomic E-state index is -2.00. The maximum absolute atomic E-state index is 14.3. The molecule has 1 saturated heterocycles. The van der Waals surface area contributed by atoms with E-state index < -0.39 is 236 Å². The molecular formula is C53H86N14O23. The average molecular weight is 1290 g/mol. The molecular weight excluding hydrogens is 1200 g/mol. The Hall–Kier alpha value is -9.13. The third kappa shape index (κ3) is 26.7. The summed E-state index contributed by atoms with van der Waals surface area (Å²) in [6, 6.07) is -20.0. The van der Waals surface area contributed by atoms with Gasteiger partial charge < -0.3 is 105 Å². The van der Waals surface area contributed by atoms with Crippen molar-refractivity contribution >= 4 is 101 Å². The summed E-state index contributed by atoms with van der Waals surface area (Å²) in [5, 5.41) is 83.2. The van der Waals surface area contributed by atoms with Gasteiger partial charge in [-0.15, -0.1) is 0 Å². The second-order valence-electron chi connectivity index (χ2n) is 22.4. The largest absolute Gasteiger partial charge is 0.481 e. The molecule has 37 nitrogen and oxygen atoms in total. The monoisotopic (exact) mass is 1290 g/mol. The van der Waals surface area contributed by atoms with Gasteiger partial charge in [0, 0.05) is 19.9 Å². The minimum absolute atomic E-state index is 0.00822. The molecule has 37 heteroatoms. The molecule has 90 heavy (non-hydrogen) atoms. The van der Waals surface area contributed by atoms with E-state index >= 15 is 0 Å². The zero-order chi connectivity index (χ0) is 69.2. The molecule has 506 valence electrons. The molecule has 1 heterocycles. The number of hydrogen-bond acceptors (Lipinski definition) is 20. The number of carbonyl (C=O) groups is 17. The van der Waals surface area contributed by atoms with Crippen molar-refractivity contribution in [3.63, 3.8) is 0 Å². The topological polar surface area (TPSA) is 599 Å². The number of carboxylic acid groups (broad SMARTS) is 3.